The minimum Gasteiger partial charge on any atom is -0.358 e. The molecule has 1 atom stereocenters. The molecule has 0 spiro atoms. The largest absolute Gasteiger partial charge is 0.358 e. The number of fused-ring (bicyclic) bond motifs is 1. The van der Waals surface area contributed by atoms with Crippen molar-refractivity contribution in [3.05, 3.63) is 11.4 Å². The highest BCUT2D eigenvalue weighted by Gasteiger charge is 2.36. The second kappa shape index (κ2) is 4.82. The van der Waals surface area contributed by atoms with Crippen molar-refractivity contribution in [2.75, 3.05) is 19.6 Å². The molecule has 0 radical (unpaired) electrons. The first-order valence-electron chi connectivity index (χ1n) is 7.98. The highest BCUT2D eigenvalue weighted by atomic mass is 15.3. The standard InChI is InChI=1S/C15H24N4/c1-2-4-10-19(9-3-1)15-12-7-8-16-14(12)17-13(18-15)11-5-6-11/h11,14,16H,1-10H2,(H,17,18). The van der Waals surface area contributed by atoms with Gasteiger partial charge in [0.25, 0.3) is 0 Å². The van der Waals surface area contributed by atoms with Gasteiger partial charge in [0, 0.05) is 31.1 Å². The normalized spacial score (nSPS) is 31.7. The van der Waals surface area contributed by atoms with Gasteiger partial charge in [0.05, 0.1) is 0 Å². The van der Waals surface area contributed by atoms with Crippen LogP contribution in [0.4, 0.5) is 0 Å². The summed E-state index contributed by atoms with van der Waals surface area (Å²) in [6.45, 7) is 3.52. The minimum absolute atomic E-state index is 0.273. The Bertz CT molecular complexity index is 414. The number of nitrogens with zero attached hydrogens (tertiary/aromatic N) is 2. The van der Waals surface area contributed by atoms with Crippen molar-refractivity contribution in [1.29, 1.82) is 0 Å². The van der Waals surface area contributed by atoms with E-state index in [1.54, 1.807) is 0 Å². The predicted octanol–water partition coefficient (Wildman–Crippen LogP) is 1.81. The van der Waals surface area contributed by atoms with Crippen LogP contribution in [-0.4, -0.2) is 36.5 Å². The minimum atomic E-state index is 0.273. The predicted molar refractivity (Wildman–Crippen MR) is 76.8 cm³/mol. The van der Waals surface area contributed by atoms with E-state index >= 15 is 0 Å². The van der Waals surface area contributed by atoms with E-state index in [2.05, 4.69) is 15.5 Å². The zero-order chi connectivity index (χ0) is 12.7. The third-order valence-corrected chi connectivity index (χ3v) is 4.77. The molecule has 4 rings (SSSR count). The van der Waals surface area contributed by atoms with Crippen LogP contribution in [0.15, 0.2) is 16.4 Å². The van der Waals surface area contributed by atoms with E-state index in [1.165, 1.54) is 68.8 Å². The van der Waals surface area contributed by atoms with Crippen LogP contribution in [0.3, 0.4) is 0 Å². The first kappa shape index (κ1) is 11.8. The van der Waals surface area contributed by atoms with E-state index in [9.17, 15) is 0 Å². The lowest BCUT2D eigenvalue weighted by atomic mass is 10.1. The highest BCUT2D eigenvalue weighted by Crippen LogP contribution is 2.34. The summed E-state index contributed by atoms with van der Waals surface area (Å²) in [5.74, 6) is 3.38. The summed E-state index contributed by atoms with van der Waals surface area (Å²) < 4.78 is 0. The van der Waals surface area contributed by atoms with Gasteiger partial charge in [-0.1, -0.05) is 12.8 Å². The number of aliphatic imine (C=N–C) groups is 1. The molecule has 4 aliphatic rings. The number of amidine groups is 1. The second-order valence-electron chi connectivity index (χ2n) is 6.30. The monoisotopic (exact) mass is 260 g/mol. The van der Waals surface area contributed by atoms with E-state index in [1.807, 2.05) is 0 Å². The molecular formula is C15H24N4. The molecule has 3 aliphatic heterocycles. The molecule has 1 aliphatic carbocycles. The number of likely N-dealkylation sites (tertiary alicyclic amines) is 1. The SMILES string of the molecule is C1CCCN(C2=C3CCNC3N=C(C3CC3)N2)CC1. The van der Waals surface area contributed by atoms with E-state index in [-0.39, 0.29) is 6.17 Å². The van der Waals surface area contributed by atoms with Gasteiger partial charge in [0.2, 0.25) is 0 Å². The van der Waals surface area contributed by atoms with E-state index in [0.29, 0.717) is 5.92 Å². The maximum absolute atomic E-state index is 4.88. The van der Waals surface area contributed by atoms with Gasteiger partial charge >= 0.3 is 0 Å². The van der Waals surface area contributed by atoms with Crippen LogP contribution in [0.5, 0.6) is 0 Å². The van der Waals surface area contributed by atoms with Crippen LogP contribution in [0.25, 0.3) is 0 Å². The molecule has 3 fully saturated rings. The summed E-state index contributed by atoms with van der Waals surface area (Å²) in [5, 5.41) is 7.24. The average molecular weight is 260 g/mol. The number of hydrogen-bond acceptors (Lipinski definition) is 4. The van der Waals surface area contributed by atoms with Gasteiger partial charge in [-0.25, -0.2) is 4.99 Å². The molecule has 0 aromatic rings. The van der Waals surface area contributed by atoms with Gasteiger partial charge in [-0.3, -0.25) is 5.32 Å². The summed E-state index contributed by atoms with van der Waals surface area (Å²) in [4.78, 5) is 7.48. The zero-order valence-electron chi connectivity index (χ0n) is 11.6. The van der Waals surface area contributed by atoms with Gasteiger partial charge in [0.15, 0.2) is 0 Å². The lowest BCUT2D eigenvalue weighted by molar-refractivity contribution is 0.334. The molecular weight excluding hydrogens is 236 g/mol. The lowest BCUT2D eigenvalue weighted by Crippen LogP contribution is -2.43. The van der Waals surface area contributed by atoms with Gasteiger partial charge < -0.3 is 10.2 Å². The number of hydrogen-bond donors (Lipinski definition) is 2. The number of rotatable bonds is 2. The smallest absolute Gasteiger partial charge is 0.127 e. The van der Waals surface area contributed by atoms with Crippen LogP contribution in [0, 0.1) is 5.92 Å². The molecule has 4 nitrogen and oxygen atoms in total. The topological polar surface area (TPSA) is 39.7 Å². The fourth-order valence-electron chi connectivity index (χ4n) is 3.49. The first-order chi connectivity index (χ1) is 9.42. The Hall–Kier alpha value is -1.03. The maximum atomic E-state index is 4.88. The molecule has 2 saturated heterocycles. The van der Waals surface area contributed by atoms with E-state index < -0.39 is 0 Å². The van der Waals surface area contributed by atoms with Crippen molar-refractivity contribution < 1.29 is 0 Å². The molecule has 19 heavy (non-hydrogen) atoms. The molecule has 3 heterocycles. The Kier molecular flexibility index (Phi) is 2.98. The van der Waals surface area contributed by atoms with E-state index in [4.69, 9.17) is 4.99 Å². The van der Waals surface area contributed by atoms with E-state index in [0.717, 1.165) is 13.0 Å². The van der Waals surface area contributed by atoms with Crippen molar-refractivity contribution in [3.63, 3.8) is 0 Å². The third kappa shape index (κ3) is 2.27. The second-order valence-corrected chi connectivity index (χ2v) is 6.30. The average Bonchev–Trinajstić information content (AvgIpc) is 3.21. The molecule has 1 saturated carbocycles. The zero-order valence-corrected chi connectivity index (χ0v) is 11.6. The van der Waals surface area contributed by atoms with Crippen molar-refractivity contribution in [2.24, 2.45) is 10.9 Å². The maximum Gasteiger partial charge on any atom is 0.127 e. The summed E-state index contributed by atoms with van der Waals surface area (Å²) in [5.41, 5.74) is 1.51. The van der Waals surface area contributed by atoms with Gasteiger partial charge in [-0.2, -0.15) is 0 Å². The van der Waals surface area contributed by atoms with Gasteiger partial charge in [-0.15, -0.1) is 0 Å². The number of nitrogens with one attached hydrogen (secondary N) is 2. The molecule has 104 valence electrons. The molecule has 0 amide bonds. The third-order valence-electron chi connectivity index (χ3n) is 4.77. The van der Waals surface area contributed by atoms with Crippen LogP contribution >= 0.6 is 0 Å². The summed E-state index contributed by atoms with van der Waals surface area (Å²) >= 11 is 0. The first-order valence-corrected chi connectivity index (χ1v) is 7.98. The molecule has 2 N–H and O–H groups in total. The van der Waals surface area contributed by atoms with Crippen molar-refractivity contribution in [1.82, 2.24) is 15.5 Å². The Morgan fingerprint density at radius 2 is 1.84 bits per heavy atom. The summed E-state index contributed by atoms with van der Waals surface area (Å²) in [6.07, 6.45) is 9.54. The molecule has 0 aromatic heterocycles. The van der Waals surface area contributed by atoms with Crippen LogP contribution in [-0.2, 0) is 0 Å². The molecule has 0 bridgehead atoms. The quantitative estimate of drug-likeness (QED) is 0.795. The Balaban J connectivity index is 1.60. The Morgan fingerprint density at radius 1 is 1.05 bits per heavy atom. The van der Waals surface area contributed by atoms with Gasteiger partial charge in [0.1, 0.15) is 17.8 Å². The Labute approximate surface area is 115 Å². The summed E-state index contributed by atoms with van der Waals surface area (Å²) in [7, 11) is 0. The molecule has 1 unspecified atom stereocenters. The lowest BCUT2D eigenvalue weighted by Gasteiger charge is -2.33. The Morgan fingerprint density at radius 3 is 2.58 bits per heavy atom. The van der Waals surface area contributed by atoms with Crippen molar-refractivity contribution >= 4 is 5.84 Å². The van der Waals surface area contributed by atoms with Crippen molar-refractivity contribution in [3.8, 4) is 0 Å². The highest BCUT2D eigenvalue weighted by molar-refractivity contribution is 5.89. The fourth-order valence-corrected chi connectivity index (χ4v) is 3.49. The van der Waals surface area contributed by atoms with Crippen molar-refractivity contribution in [2.45, 2.75) is 51.1 Å². The van der Waals surface area contributed by atoms with Crippen LogP contribution in [0.2, 0.25) is 0 Å². The van der Waals surface area contributed by atoms with Crippen LogP contribution in [0.1, 0.15) is 44.9 Å². The molecule has 0 aromatic carbocycles. The van der Waals surface area contributed by atoms with Gasteiger partial charge in [-0.05, 0) is 32.1 Å². The fraction of sp³-hybridized carbons (Fsp3) is 0.800. The molecule has 4 heteroatoms. The summed E-state index contributed by atoms with van der Waals surface area (Å²) in [6, 6.07) is 0. The van der Waals surface area contributed by atoms with Crippen LogP contribution < -0.4 is 10.6 Å².